The molecule has 2 N–H and O–H groups in total. The average molecular weight is 323 g/mol. The predicted octanol–water partition coefficient (Wildman–Crippen LogP) is 3.12. The van der Waals surface area contributed by atoms with Gasteiger partial charge in [0.05, 0.1) is 24.4 Å². The molecule has 1 aliphatic heterocycles. The topological polar surface area (TPSA) is 63.2 Å². The number of hydrogen-bond acceptors (Lipinski definition) is 3. The minimum atomic E-state index is 0.229. The lowest BCUT2D eigenvalue weighted by Crippen LogP contribution is -2.33. The van der Waals surface area contributed by atoms with Crippen molar-refractivity contribution in [3.63, 3.8) is 0 Å². The number of hydrazone groups is 1. The van der Waals surface area contributed by atoms with Gasteiger partial charge in [-0.05, 0) is 18.6 Å². The highest BCUT2D eigenvalue weighted by Crippen LogP contribution is 2.32. The van der Waals surface area contributed by atoms with E-state index in [1.165, 1.54) is 0 Å². The largest absolute Gasteiger partial charge is 0.494 e. The van der Waals surface area contributed by atoms with Crippen LogP contribution in [0.5, 0.6) is 5.75 Å². The standard InChI is InChI=1S/C16H23ClN4O/c1-4-5-9-19-16(18)21-10-11(2)14(20-21)12-7-6-8-13(17)15(12)22-3/h6-8,11H,4-5,9-10H2,1-3H3,(H2,18,19). The van der Waals surface area contributed by atoms with E-state index >= 15 is 0 Å². The summed E-state index contributed by atoms with van der Waals surface area (Å²) >= 11 is 6.20. The van der Waals surface area contributed by atoms with Crippen LogP contribution in [0.25, 0.3) is 0 Å². The van der Waals surface area contributed by atoms with Crippen LogP contribution in [-0.2, 0) is 0 Å². The highest BCUT2D eigenvalue weighted by molar-refractivity contribution is 6.32. The highest BCUT2D eigenvalue weighted by atomic mass is 35.5. The first-order valence-corrected chi connectivity index (χ1v) is 7.95. The number of nitrogens with two attached hydrogens (primary N) is 1. The number of hydrogen-bond donors (Lipinski definition) is 1. The van der Waals surface area contributed by atoms with Crippen LogP contribution in [0, 0.1) is 5.92 Å². The van der Waals surface area contributed by atoms with Crippen molar-refractivity contribution in [3.05, 3.63) is 28.8 Å². The molecular formula is C16H23ClN4O. The molecule has 0 spiro atoms. The van der Waals surface area contributed by atoms with Gasteiger partial charge in [0.1, 0.15) is 5.75 Å². The molecule has 22 heavy (non-hydrogen) atoms. The molecule has 1 aromatic rings. The van der Waals surface area contributed by atoms with Crippen molar-refractivity contribution in [1.82, 2.24) is 5.01 Å². The molecule has 1 heterocycles. The van der Waals surface area contributed by atoms with Crippen LogP contribution >= 0.6 is 11.6 Å². The molecule has 0 aromatic heterocycles. The van der Waals surface area contributed by atoms with Gasteiger partial charge in [0.25, 0.3) is 0 Å². The molecule has 1 aliphatic rings. The molecule has 6 heteroatoms. The minimum absolute atomic E-state index is 0.229. The molecule has 120 valence electrons. The van der Waals surface area contributed by atoms with Gasteiger partial charge in [-0.1, -0.05) is 37.9 Å². The smallest absolute Gasteiger partial charge is 0.212 e. The molecule has 0 saturated carbocycles. The quantitative estimate of drug-likeness (QED) is 0.514. The minimum Gasteiger partial charge on any atom is -0.494 e. The SMILES string of the molecule is CCCCN=C(N)N1CC(C)C(c2cccc(Cl)c2OC)=N1. The molecule has 0 saturated heterocycles. The lowest BCUT2D eigenvalue weighted by atomic mass is 9.98. The second-order valence-electron chi connectivity index (χ2n) is 5.38. The zero-order chi connectivity index (χ0) is 16.1. The normalized spacial score (nSPS) is 18.5. The van der Waals surface area contributed by atoms with Gasteiger partial charge in [0, 0.05) is 18.0 Å². The third-order valence-corrected chi connectivity index (χ3v) is 3.94. The molecule has 0 radical (unpaired) electrons. The summed E-state index contributed by atoms with van der Waals surface area (Å²) in [6, 6.07) is 5.67. The number of rotatable bonds is 5. The lowest BCUT2D eigenvalue weighted by molar-refractivity contribution is 0.414. The summed E-state index contributed by atoms with van der Waals surface area (Å²) < 4.78 is 5.42. The van der Waals surface area contributed by atoms with Crippen molar-refractivity contribution in [3.8, 4) is 5.75 Å². The van der Waals surface area contributed by atoms with Gasteiger partial charge in [-0.2, -0.15) is 5.10 Å². The molecule has 1 aromatic carbocycles. The number of aliphatic imine (C=N–C) groups is 1. The number of para-hydroxylation sites is 1. The molecule has 0 amide bonds. The van der Waals surface area contributed by atoms with E-state index in [1.54, 1.807) is 12.1 Å². The second kappa shape index (κ2) is 7.49. The first-order valence-electron chi connectivity index (χ1n) is 7.57. The molecule has 2 rings (SSSR count). The van der Waals surface area contributed by atoms with Crippen molar-refractivity contribution >= 4 is 23.3 Å². The fraction of sp³-hybridized carbons (Fsp3) is 0.500. The van der Waals surface area contributed by atoms with Crippen LogP contribution in [0.4, 0.5) is 0 Å². The summed E-state index contributed by atoms with van der Waals surface area (Å²) in [5.74, 6) is 1.35. The fourth-order valence-electron chi connectivity index (χ4n) is 2.43. The molecule has 0 bridgehead atoms. The molecule has 5 nitrogen and oxygen atoms in total. The van der Waals surface area contributed by atoms with Crippen LogP contribution in [0.1, 0.15) is 32.3 Å². The highest BCUT2D eigenvalue weighted by Gasteiger charge is 2.28. The van der Waals surface area contributed by atoms with E-state index in [1.807, 2.05) is 18.2 Å². The molecule has 0 fully saturated rings. The number of unbranched alkanes of at least 4 members (excludes halogenated alkanes) is 1. The van der Waals surface area contributed by atoms with Gasteiger partial charge < -0.3 is 10.5 Å². The Morgan fingerprint density at radius 3 is 3.00 bits per heavy atom. The number of halogens is 1. The van der Waals surface area contributed by atoms with Gasteiger partial charge in [-0.25, -0.2) is 5.01 Å². The van der Waals surface area contributed by atoms with Crippen LogP contribution < -0.4 is 10.5 Å². The number of nitrogens with zero attached hydrogens (tertiary/aromatic N) is 3. The number of guanidine groups is 1. The van der Waals surface area contributed by atoms with Crippen molar-refractivity contribution < 1.29 is 4.74 Å². The first-order chi connectivity index (χ1) is 10.6. The van der Waals surface area contributed by atoms with Crippen molar-refractivity contribution in [2.45, 2.75) is 26.7 Å². The Morgan fingerprint density at radius 2 is 2.32 bits per heavy atom. The van der Waals surface area contributed by atoms with E-state index in [0.717, 1.165) is 30.7 Å². The Hall–Kier alpha value is -1.75. The van der Waals surface area contributed by atoms with Gasteiger partial charge >= 0.3 is 0 Å². The van der Waals surface area contributed by atoms with Crippen molar-refractivity contribution in [2.24, 2.45) is 21.7 Å². The van der Waals surface area contributed by atoms with E-state index in [0.29, 0.717) is 23.3 Å². The van der Waals surface area contributed by atoms with Gasteiger partial charge in [-0.15, -0.1) is 0 Å². The summed E-state index contributed by atoms with van der Waals surface area (Å²) in [5, 5.41) is 6.96. The molecular weight excluding hydrogens is 300 g/mol. The average Bonchev–Trinajstić information content (AvgIpc) is 2.89. The molecule has 0 aliphatic carbocycles. The third-order valence-electron chi connectivity index (χ3n) is 3.64. The van der Waals surface area contributed by atoms with Crippen molar-refractivity contribution in [1.29, 1.82) is 0 Å². The predicted molar refractivity (Wildman–Crippen MR) is 91.8 cm³/mol. The fourth-order valence-corrected chi connectivity index (χ4v) is 2.68. The second-order valence-corrected chi connectivity index (χ2v) is 5.79. The Balaban J connectivity index is 2.26. The van der Waals surface area contributed by atoms with Crippen LogP contribution in [-0.4, -0.2) is 36.9 Å². The molecule has 1 atom stereocenters. The lowest BCUT2D eigenvalue weighted by Gasteiger charge is -2.12. The third kappa shape index (κ3) is 3.53. The molecule has 1 unspecified atom stereocenters. The van der Waals surface area contributed by atoms with E-state index in [-0.39, 0.29) is 5.92 Å². The van der Waals surface area contributed by atoms with E-state index in [2.05, 4.69) is 23.9 Å². The Bertz CT molecular complexity index is 586. The van der Waals surface area contributed by atoms with Crippen molar-refractivity contribution in [2.75, 3.05) is 20.2 Å². The Morgan fingerprint density at radius 1 is 1.55 bits per heavy atom. The maximum Gasteiger partial charge on any atom is 0.212 e. The van der Waals surface area contributed by atoms with Crippen LogP contribution in [0.3, 0.4) is 0 Å². The summed E-state index contributed by atoms with van der Waals surface area (Å²) in [4.78, 5) is 4.37. The van der Waals surface area contributed by atoms with E-state index in [4.69, 9.17) is 22.1 Å². The first kappa shape index (κ1) is 16.6. The summed E-state index contributed by atoms with van der Waals surface area (Å²) in [6.07, 6.45) is 2.13. The summed E-state index contributed by atoms with van der Waals surface area (Å²) in [7, 11) is 1.61. The maximum atomic E-state index is 6.20. The number of benzene rings is 1. The van der Waals surface area contributed by atoms with Gasteiger partial charge in [0.15, 0.2) is 0 Å². The van der Waals surface area contributed by atoms with Gasteiger partial charge in [0.2, 0.25) is 5.96 Å². The zero-order valence-corrected chi connectivity index (χ0v) is 14.1. The van der Waals surface area contributed by atoms with Gasteiger partial charge in [-0.3, -0.25) is 4.99 Å². The number of ether oxygens (including phenoxy) is 1. The van der Waals surface area contributed by atoms with E-state index < -0.39 is 0 Å². The van der Waals surface area contributed by atoms with E-state index in [9.17, 15) is 0 Å². The Kier molecular flexibility index (Phi) is 5.66. The zero-order valence-electron chi connectivity index (χ0n) is 13.3. The number of methoxy groups -OCH3 is 1. The van der Waals surface area contributed by atoms with Crippen LogP contribution in [0.2, 0.25) is 5.02 Å². The monoisotopic (exact) mass is 322 g/mol. The summed E-state index contributed by atoms with van der Waals surface area (Å²) in [5.41, 5.74) is 7.87. The summed E-state index contributed by atoms with van der Waals surface area (Å²) in [6.45, 7) is 5.69. The Labute approximate surface area is 136 Å². The maximum absolute atomic E-state index is 6.20. The van der Waals surface area contributed by atoms with Crippen LogP contribution in [0.15, 0.2) is 28.3 Å².